The van der Waals surface area contributed by atoms with E-state index in [1.165, 1.54) is 0 Å². The van der Waals surface area contributed by atoms with Gasteiger partial charge in [-0.3, -0.25) is 0 Å². The van der Waals surface area contributed by atoms with Crippen molar-refractivity contribution in [2.24, 2.45) is 0 Å². The Labute approximate surface area is 104 Å². The minimum atomic E-state index is -0.584. The lowest BCUT2D eigenvalue weighted by Gasteiger charge is -1.99. The topological polar surface area (TPSA) is 52.6 Å². The average Bonchev–Trinajstić information content (AvgIpc) is 2.27. The highest BCUT2D eigenvalue weighted by atomic mass is 35.5. The van der Waals surface area contributed by atoms with Gasteiger partial charge in [0.15, 0.2) is 0 Å². The van der Waals surface area contributed by atoms with Gasteiger partial charge >= 0.3 is 11.9 Å². The molecule has 0 atom stereocenters. The van der Waals surface area contributed by atoms with Crippen LogP contribution in [0.3, 0.4) is 0 Å². The summed E-state index contributed by atoms with van der Waals surface area (Å²) < 4.78 is 9.44. The van der Waals surface area contributed by atoms with Crippen LogP contribution in [0.2, 0.25) is 0 Å². The molecule has 0 spiro atoms. The van der Waals surface area contributed by atoms with Crippen molar-refractivity contribution in [3.63, 3.8) is 0 Å². The fourth-order valence-electron chi connectivity index (χ4n) is 0.687. The highest BCUT2D eigenvalue weighted by Gasteiger charge is 2.00. The van der Waals surface area contributed by atoms with E-state index in [4.69, 9.17) is 32.7 Å². The van der Waals surface area contributed by atoms with Crippen molar-refractivity contribution in [2.75, 3.05) is 25.0 Å². The maximum atomic E-state index is 11.0. The summed E-state index contributed by atoms with van der Waals surface area (Å²) >= 11 is 10.8. The fraction of sp³-hybridized carbons (Fsp3) is 0.600. The van der Waals surface area contributed by atoms with E-state index < -0.39 is 11.9 Å². The van der Waals surface area contributed by atoms with Gasteiger partial charge in [-0.1, -0.05) is 0 Å². The van der Waals surface area contributed by atoms with E-state index in [9.17, 15) is 9.59 Å². The number of rotatable bonds is 8. The van der Waals surface area contributed by atoms with E-state index in [1.807, 2.05) is 0 Å². The number of ether oxygens (including phenoxy) is 2. The molecule has 92 valence electrons. The first kappa shape index (κ1) is 15.3. The molecule has 0 bridgehead atoms. The lowest BCUT2D eigenvalue weighted by molar-refractivity contribution is -0.140. The van der Waals surface area contributed by atoms with Gasteiger partial charge in [0.25, 0.3) is 0 Å². The minimum Gasteiger partial charge on any atom is -0.462 e. The Hall–Kier alpha value is -0.740. The number of hydrogen-bond acceptors (Lipinski definition) is 4. The molecule has 0 aromatic rings. The summed E-state index contributed by atoms with van der Waals surface area (Å²) in [4.78, 5) is 21.9. The Morgan fingerprint density at radius 2 is 1.25 bits per heavy atom. The summed E-state index contributed by atoms with van der Waals surface area (Å²) in [7, 11) is 0. The van der Waals surface area contributed by atoms with E-state index in [0.29, 0.717) is 24.6 Å². The molecule has 0 aliphatic rings. The van der Waals surface area contributed by atoms with E-state index in [1.54, 1.807) is 0 Å². The second-order valence-electron chi connectivity index (χ2n) is 2.75. The zero-order valence-electron chi connectivity index (χ0n) is 8.79. The van der Waals surface area contributed by atoms with Crippen LogP contribution in [0.4, 0.5) is 0 Å². The second kappa shape index (κ2) is 10.8. The monoisotopic (exact) mass is 268 g/mol. The first-order valence-electron chi connectivity index (χ1n) is 4.84. The van der Waals surface area contributed by atoms with Gasteiger partial charge in [0.05, 0.1) is 13.2 Å². The molecular weight excluding hydrogens is 255 g/mol. The van der Waals surface area contributed by atoms with Crippen molar-refractivity contribution >= 4 is 35.1 Å². The van der Waals surface area contributed by atoms with Crippen LogP contribution in [-0.4, -0.2) is 36.9 Å². The molecule has 0 fully saturated rings. The van der Waals surface area contributed by atoms with Gasteiger partial charge in [0, 0.05) is 23.9 Å². The molecule has 0 saturated heterocycles. The van der Waals surface area contributed by atoms with Crippen LogP contribution in [-0.2, 0) is 19.1 Å². The second-order valence-corrected chi connectivity index (χ2v) is 3.51. The van der Waals surface area contributed by atoms with Crippen molar-refractivity contribution in [1.82, 2.24) is 0 Å². The molecule has 0 heterocycles. The Morgan fingerprint density at radius 3 is 1.56 bits per heavy atom. The van der Waals surface area contributed by atoms with Crippen molar-refractivity contribution in [2.45, 2.75) is 12.8 Å². The van der Waals surface area contributed by atoms with E-state index >= 15 is 0 Å². The van der Waals surface area contributed by atoms with Gasteiger partial charge in [-0.2, -0.15) is 0 Å². The summed E-state index contributed by atoms with van der Waals surface area (Å²) in [6.45, 7) is 0.488. The molecule has 0 unspecified atom stereocenters. The van der Waals surface area contributed by atoms with Crippen LogP contribution in [0, 0.1) is 0 Å². The number of halogens is 2. The summed E-state index contributed by atoms with van der Waals surface area (Å²) in [6, 6.07) is 0. The Bertz CT molecular complexity index is 217. The number of carbonyl (C=O) groups is 2. The summed E-state index contributed by atoms with van der Waals surface area (Å²) in [5.74, 6) is -0.312. The lowest BCUT2D eigenvalue weighted by Crippen LogP contribution is -2.06. The Kier molecular flexibility index (Phi) is 10.3. The third-order valence-electron chi connectivity index (χ3n) is 1.40. The molecule has 0 rings (SSSR count). The SMILES string of the molecule is O=C(/C=C\C(=O)OCCCCl)OCCCCl. The normalized spacial score (nSPS) is 10.4. The maximum Gasteiger partial charge on any atom is 0.331 e. The number of alkyl halides is 2. The predicted molar refractivity (Wildman–Crippen MR) is 61.7 cm³/mol. The average molecular weight is 269 g/mol. The molecular formula is C10H14Cl2O4. The van der Waals surface area contributed by atoms with Crippen molar-refractivity contribution in [1.29, 1.82) is 0 Å². The Balaban J connectivity index is 3.63. The van der Waals surface area contributed by atoms with E-state index in [2.05, 4.69) is 0 Å². The quantitative estimate of drug-likeness (QED) is 0.292. The maximum absolute atomic E-state index is 11.0. The van der Waals surface area contributed by atoms with Gasteiger partial charge in [0.1, 0.15) is 0 Å². The molecule has 16 heavy (non-hydrogen) atoms. The number of hydrogen-bond donors (Lipinski definition) is 0. The smallest absolute Gasteiger partial charge is 0.331 e. The third kappa shape index (κ3) is 9.80. The molecule has 0 N–H and O–H groups in total. The van der Waals surface area contributed by atoms with Crippen LogP contribution in [0.1, 0.15) is 12.8 Å². The van der Waals surface area contributed by atoms with Gasteiger partial charge in [0.2, 0.25) is 0 Å². The third-order valence-corrected chi connectivity index (χ3v) is 1.93. The van der Waals surface area contributed by atoms with Gasteiger partial charge in [-0.25, -0.2) is 9.59 Å². The first-order chi connectivity index (χ1) is 7.70. The zero-order valence-corrected chi connectivity index (χ0v) is 10.3. The van der Waals surface area contributed by atoms with Gasteiger partial charge in [-0.05, 0) is 12.8 Å². The van der Waals surface area contributed by atoms with Crippen molar-refractivity contribution in [3.8, 4) is 0 Å². The highest BCUT2D eigenvalue weighted by Crippen LogP contribution is 1.91. The molecule has 4 nitrogen and oxygen atoms in total. The molecule has 0 saturated carbocycles. The van der Waals surface area contributed by atoms with Crippen molar-refractivity contribution < 1.29 is 19.1 Å². The van der Waals surface area contributed by atoms with Crippen LogP contribution < -0.4 is 0 Å². The van der Waals surface area contributed by atoms with E-state index in [0.717, 1.165) is 12.2 Å². The minimum absolute atomic E-state index is 0.244. The largest absolute Gasteiger partial charge is 0.462 e. The van der Waals surface area contributed by atoms with Crippen LogP contribution >= 0.6 is 23.2 Å². The molecule has 0 aromatic heterocycles. The predicted octanol–water partition coefficient (Wildman–Crippen LogP) is 1.89. The molecule has 0 aromatic carbocycles. The molecule has 6 heteroatoms. The van der Waals surface area contributed by atoms with Gasteiger partial charge in [-0.15, -0.1) is 23.2 Å². The van der Waals surface area contributed by atoms with Crippen LogP contribution in [0.15, 0.2) is 12.2 Å². The fourth-order valence-corrected chi connectivity index (χ4v) is 0.905. The lowest BCUT2D eigenvalue weighted by atomic mass is 10.5. The summed E-state index contributed by atoms with van der Waals surface area (Å²) in [5.41, 5.74) is 0. The molecule has 0 aliphatic carbocycles. The van der Waals surface area contributed by atoms with E-state index in [-0.39, 0.29) is 13.2 Å². The summed E-state index contributed by atoms with van der Waals surface area (Å²) in [6.07, 6.45) is 3.22. The zero-order chi connectivity index (χ0) is 12.2. The highest BCUT2D eigenvalue weighted by molar-refractivity contribution is 6.18. The molecule has 0 aliphatic heterocycles. The molecule has 0 amide bonds. The van der Waals surface area contributed by atoms with Gasteiger partial charge < -0.3 is 9.47 Å². The molecule has 0 radical (unpaired) electrons. The summed E-state index contributed by atoms with van der Waals surface area (Å²) in [5, 5.41) is 0. The standard InChI is InChI=1S/C10H14Cl2O4/c11-5-1-7-15-9(13)3-4-10(14)16-8-2-6-12/h3-4H,1-2,5-8H2/b4-3-. The number of esters is 2. The van der Waals surface area contributed by atoms with Crippen molar-refractivity contribution in [3.05, 3.63) is 12.2 Å². The Morgan fingerprint density at radius 1 is 0.875 bits per heavy atom. The number of carbonyl (C=O) groups excluding carboxylic acids is 2. The van der Waals surface area contributed by atoms with Crippen LogP contribution in [0.25, 0.3) is 0 Å². The first-order valence-corrected chi connectivity index (χ1v) is 5.91. The van der Waals surface area contributed by atoms with Crippen LogP contribution in [0.5, 0.6) is 0 Å².